The van der Waals surface area contributed by atoms with E-state index in [0.717, 1.165) is 5.56 Å². The van der Waals surface area contributed by atoms with E-state index in [0.29, 0.717) is 23.8 Å². The third kappa shape index (κ3) is 4.61. The second kappa shape index (κ2) is 8.31. The quantitative estimate of drug-likeness (QED) is 0.724. The molecule has 0 fully saturated rings. The van der Waals surface area contributed by atoms with E-state index in [1.54, 1.807) is 19.2 Å². The van der Waals surface area contributed by atoms with Gasteiger partial charge in [-0.15, -0.1) is 10.2 Å². The zero-order valence-corrected chi connectivity index (χ0v) is 15.6. The summed E-state index contributed by atoms with van der Waals surface area (Å²) in [5.41, 5.74) is 3.05. The van der Waals surface area contributed by atoms with Crippen LogP contribution in [-0.2, 0) is 6.54 Å². The zero-order chi connectivity index (χ0) is 19.2. The van der Waals surface area contributed by atoms with Crippen molar-refractivity contribution >= 4 is 17.4 Å². The Kier molecular flexibility index (Phi) is 5.66. The molecule has 0 atom stereocenters. The highest BCUT2D eigenvalue weighted by Gasteiger charge is 2.13. The number of carbonyl (C=O) groups excluding carboxylic acids is 1. The van der Waals surface area contributed by atoms with Gasteiger partial charge in [0.15, 0.2) is 11.5 Å². The number of aromatic nitrogens is 2. The van der Waals surface area contributed by atoms with Gasteiger partial charge in [0, 0.05) is 13.6 Å². The number of hydrogen-bond donors (Lipinski definition) is 1. The largest absolute Gasteiger partial charge is 0.495 e. The normalized spacial score (nSPS) is 10.3. The summed E-state index contributed by atoms with van der Waals surface area (Å²) in [5, 5.41) is 11.1. The van der Waals surface area contributed by atoms with Gasteiger partial charge < -0.3 is 15.0 Å². The van der Waals surface area contributed by atoms with E-state index in [1.165, 1.54) is 5.56 Å². The second-order valence-electron chi connectivity index (χ2n) is 6.28. The maximum absolute atomic E-state index is 12.5. The van der Waals surface area contributed by atoms with Crippen LogP contribution in [-0.4, -0.2) is 30.3 Å². The number of rotatable bonds is 6. The fraction of sp³-hybridized carbons (Fsp3) is 0.190. The first-order valence-electron chi connectivity index (χ1n) is 8.61. The number of anilines is 2. The molecule has 1 N–H and O–H groups in total. The van der Waals surface area contributed by atoms with Crippen LogP contribution in [0.15, 0.2) is 60.7 Å². The van der Waals surface area contributed by atoms with Crippen LogP contribution < -0.4 is 15.0 Å². The summed E-state index contributed by atoms with van der Waals surface area (Å²) in [4.78, 5) is 14.5. The second-order valence-corrected chi connectivity index (χ2v) is 6.28. The Hall–Kier alpha value is -3.41. The van der Waals surface area contributed by atoms with Crippen molar-refractivity contribution < 1.29 is 9.53 Å². The Morgan fingerprint density at radius 1 is 1.07 bits per heavy atom. The molecule has 1 aromatic heterocycles. The van der Waals surface area contributed by atoms with Gasteiger partial charge in [-0.25, -0.2) is 0 Å². The highest BCUT2D eigenvalue weighted by atomic mass is 16.5. The van der Waals surface area contributed by atoms with Gasteiger partial charge in [0.25, 0.3) is 5.91 Å². The van der Waals surface area contributed by atoms with Crippen LogP contribution in [0, 0.1) is 6.92 Å². The molecule has 0 aliphatic heterocycles. The number of hydrogen-bond acceptors (Lipinski definition) is 5. The lowest BCUT2D eigenvalue weighted by atomic mass is 10.2. The number of nitrogens with zero attached hydrogens (tertiary/aromatic N) is 3. The molecule has 3 aromatic rings. The number of methoxy groups -OCH3 is 1. The van der Waals surface area contributed by atoms with Crippen molar-refractivity contribution in [2.24, 2.45) is 0 Å². The first kappa shape index (κ1) is 18.4. The molecule has 0 aliphatic carbocycles. The van der Waals surface area contributed by atoms with Gasteiger partial charge in [0.2, 0.25) is 0 Å². The minimum absolute atomic E-state index is 0.246. The molecule has 1 heterocycles. The molecule has 3 rings (SSSR count). The molecule has 27 heavy (non-hydrogen) atoms. The molecule has 6 heteroatoms. The molecule has 138 valence electrons. The van der Waals surface area contributed by atoms with Crippen molar-refractivity contribution in [3.05, 3.63) is 77.5 Å². The van der Waals surface area contributed by atoms with Crippen LogP contribution in [0.2, 0.25) is 0 Å². The van der Waals surface area contributed by atoms with Crippen LogP contribution in [0.3, 0.4) is 0 Å². The van der Waals surface area contributed by atoms with E-state index in [9.17, 15) is 4.79 Å². The minimum atomic E-state index is -0.330. The topological polar surface area (TPSA) is 67.3 Å². The fourth-order valence-electron chi connectivity index (χ4n) is 2.69. The molecule has 1 amide bonds. The molecule has 0 bridgehead atoms. The summed E-state index contributed by atoms with van der Waals surface area (Å²) >= 11 is 0. The molecule has 0 saturated heterocycles. The standard InChI is InChI=1S/C21H22N4O2/c1-15-9-11-19(27-3)18(13-15)22-21(26)17-10-12-20(24-23-17)25(2)14-16-7-5-4-6-8-16/h4-13H,14H2,1-3H3,(H,22,26). The summed E-state index contributed by atoms with van der Waals surface area (Å²) in [5.74, 6) is 0.966. The van der Waals surface area contributed by atoms with Crippen molar-refractivity contribution in [3.63, 3.8) is 0 Å². The maximum Gasteiger partial charge on any atom is 0.276 e. The van der Waals surface area contributed by atoms with Crippen LogP contribution in [0.25, 0.3) is 0 Å². The van der Waals surface area contributed by atoms with Crippen molar-refractivity contribution in [3.8, 4) is 5.75 Å². The summed E-state index contributed by atoms with van der Waals surface area (Å²) < 4.78 is 5.29. The molecule has 6 nitrogen and oxygen atoms in total. The molecule has 0 spiro atoms. The van der Waals surface area contributed by atoms with Crippen molar-refractivity contribution in [2.75, 3.05) is 24.4 Å². The van der Waals surface area contributed by atoms with Crippen molar-refractivity contribution in [2.45, 2.75) is 13.5 Å². The lowest BCUT2D eigenvalue weighted by Crippen LogP contribution is -2.20. The average molecular weight is 362 g/mol. The molecule has 0 unspecified atom stereocenters. The van der Waals surface area contributed by atoms with Gasteiger partial charge in [-0.05, 0) is 42.3 Å². The van der Waals surface area contributed by atoms with E-state index in [2.05, 4.69) is 27.6 Å². The summed E-state index contributed by atoms with van der Waals surface area (Å²) in [6.45, 7) is 2.66. The molecule has 2 aromatic carbocycles. The number of amides is 1. The Balaban J connectivity index is 1.69. The summed E-state index contributed by atoms with van der Waals surface area (Å²) in [6, 6.07) is 19.2. The van der Waals surface area contributed by atoms with E-state index in [-0.39, 0.29) is 11.6 Å². The van der Waals surface area contributed by atoms with Crippen LogP contribution in [0.4, 0.5) is 11.5 Å². The molecular formula is C21H22N4O2. The fourth-order valence-corrected chi connectivity index (χ4v) is 2.69. The third-order valence-electron chi connectivity index (χ3n) is 4.14. The minimum Gasteiger partial charge on any atom is -0.495 e. The molecule has 0 radical (unpaired) electrons. The van der Waals surface area contributed by atoms with Gasteiger partial charge >= 0.3 is 0 Å². The first-order valence-corrected chi connectivity index (χ1v) is 8.61. The number of nitrogens with one attached hydrogen (secondary N) is 1. The van der Waals surface area contributed by atoms with Gasteiger partial charge in [0.1, 0.15) is 5.75 Å². The smallest absolute Gasteiger partial charge is 0.276 e. The summed E-state index contributed by atoms with van der Waals surface area (Å²) in [6.07, 6.45) is 0. The lowest BCUT2D eigenvalue weighted by Gasteiger charge is -2.17. The Morgan fingerprint density at radius 3 is 2.52 bits per heavy atom. The van der Waals surface area contributed by atoms with Crippen molar-refractivity contribution in [1.29, 1.82) is 0 Å². The molecular weight excluding hydrogens is 340 g/mol. The van der Waals surface area contributed by atoms with Gasteiger partial charge in [-0.2, -0.15) is 0 Å². The van der Waals surface area contributed by atoms with Crippen LogP contribution in [0.5, 0.6) is 5.75 Å². The van der Waals surface area contributed by atoms with E-state index < -0.39 is 0 Å². The van der Waals surface area contributed by atoms with Gasteiger partial charge in [0.05, 0.1) is 12.8 Å². The van der Waals surface area contributed by atoms with Crippen LogP contribution in [0.1, 0.15) is 21.6 Å². The number of benzene rings is 2. The summed E-state index contributed by atoms with van der Waals surface area (Å²) in [7, 11) is 3.51. The van der Waals surface area contributed by atoms with Crippen molar-refractivity contribution in [1.82, 2.24) is 10.2 Å². The maximum atomic E-state index is 12.5. The first-order chi connectivity index (χ1) is 13.1. The predicted molar refractivity (Wildman–Crippen MR) is 106 cm³/mol. The van der Waals surface area contributed by atoms with Gasteiger partial charge in [-0.3, -0.25) is 4.79 Å². The highest BCUT2D eigenvalue weighted by Crippen LogP contribution is 2.25. The van der Waals surface area contributed by atoms with E-state index in [4.69, 9.17) is 4.74 Å². The highest BCUT2D eigenvalue weighted by molar-refractivity contribution is 6.03. The van der Waals surface area contributed by atoms with E-state index >= 15 is 0 Å². The number of carbonyl (C=O) groups is 1. The Labute approximate surface area is 158 Å². The third-order valence-corrected chi connectivity index (χ3v) is 4.14. The van der Waals surface area contributed by atoms with E-state index in [1.807, 2.05) is 55.3 Å². The number of ether oxygens (including phenoxy) is 1. The van der Waals surface area contributed by atoms with Gasteiger partial charge in [-0.1, -0.05) is 36.4 Å². The number of aryl methyl sites for hydroxylation is 1. The average Bonchev–Trinajstić information content (AvgIpc) is 2.69. The monoisotopic (exact) mass is 362 g/mol. The Bertz CT molecular complexity index is 911. The Morgan fingerprint density at radius 2 is 1.85 bits per heavy atom. The SMILES string of the molecule is COc1ccc(C)cc1NC(=O)c1ccc(N(C)Cc2ccccc2)nn1. The lowest BCUT2D eigenvalue weighted by molar-refractivity contribution is 0.102. The molecule has 0 aliphatic rings. The van der Waals surface area contributed by atoms with Crippen LogP contribution >= 0.6 is 0 Å². The molecule has 0 saturated carbocycles. The zero-order valence-electron chi connectivity index (χ0n) is 15.6. The predicted octanol–water partition coefficient (Wildman–Crippen LogP) is 3.68.